The zero-order valence-corrected chi connectivity index (χ0v) is 19.7. The molecule has 4 rings (SSSR count). The zero-order valence-electron chi connectivity index (χ0n) is 18.8. The largest absolute Gasteiger partial charge is 0.491 e. The fraction of sp³-hybridized carbons (Fsp3) is 0.636. The number of ether oxygens (including phenoxy) is 2. The van der Waals surface area contributed by atoms with Gasteiger partial charge >= 0.3 is 0 Å². The van der Waals surface area contributed by atoms with Gasteiger partial charge in [0.05, 0.1) is 29.7 Å². The number of nitrogens with zero attached hydrogens (tertiary/aromatic N) is 5. The first kappa shape index (κ1) is 23.8. The van der Waals surface area contributed by atoms with Gasteiger partial charge in [0.25, 0.3) is 5.69 Å². The van der Waals surface area contributed by atoms with Crippen LogP contribution in [0.1, 0.15) is 32.6 Å². The monoisotopic (exact) mass is 477 g/mol. The van der Waals surface area contributed by atoms with Gasteiger partial charge < -0.3 is 19.5 Å². The van der Waals surface area contributed by atoms with Crippen molar-refractivity contribution in [3.63, 3.8) is 0 Å². The summed E-state index contributed by atoms with van der Waals surface area (Å²) in [6.45, 7) is 5.75. The quantitative estimate of drug-likeness (QED) is 0.313. The number of nitro benzene ring substituents is 1. The van der Waals surface area contributed by atoms with Gasteiger partial charge in [0.1, 0.15) is 12.4 Å². The second kappa shape index (κ2) is 11.2. The summed E-state index contributed by atoms with van der Waals surface area (Å²) in [5, 5.41) is 31.0. The molecular formula is C22H31N5O5S. The maximum Gasteiger partial charge on any atom is 0.273 e. The molecule has 2 aromatic rings. The Balaban J connectivity index is 1.37. The number of aliphatic hydroxyl groups is 1. The number of piperidine rings is 1. The summed E-state index contributed by atoms with van der Waals surface area (Å²) in [4.78, 5) is 12.7. The molecule has 0 aliphatic carbocycles. The molecule has 0 bridgehead atoms. The highest BCUT2D eigenvalue weighted by Crippen LogP contribution is 2.28. The van der Waals surface area contributed by atoms with Crippen molar-refractivity contribution in [2.24, 2.45) is 5.92 Å². The number of hydrogen-bond donors (Lipinski definition) is 1. The lowest BCUT2D eigenvalue weighted by molar-refractivity contribution is -0.384. The number of aromatic nitrogens is 3. The van der Waals surface area contributed by atoms with Crippen LogP contribution in [0.2, 0.25) is 0 Å². The molecule has 3 heterocycles. The first-order valence-electron chi connectivity index (χ1n) is 11.5. The number of aliphatic hydroxyl groups excluding tert-OH is 1. The number of rotatable bonds is 10. The molecule has 0 spiro atoms. The summed E-state index contributed by atoms with van der Waals surface area (Å²) in [6, 6.07) is 5.95. The second-order valence-electron chi connectivity index (χ2n) is 8.73. The molecule has 11 heteroatoms. The van der Waals surface area contributed by atoms with Crippen molar-refractivity contribution in [2.45, 2.75) is 56.5 Å². The highest BCUT2D eigenvalue weighted by atomic mass is 32.2. The molecule has 0 radical (unpaired) electrons. The maximum atomic E-state index is 10.9. The molecule has 0 amide bonds. The third kappa shape index (κ3) is 6.36. The van der Waals surface area contributed by atoms with Crippen molar-refractivity contribution in [3.05, 3.63) is 34.4 Å². The molecular weight excluding hydrogens is 446 g/mol. The van der Waals surface area contributed by atoms with Crippen LogP contribution in [0.5, 0.6) is 5.75 Å². The van der Waals surface area contributed by atoms with Gasteiger partial charge in [-0.2, -0.15) is 0 Å². The van der Waals surface area contributed by atoms with Gasteiger partial charge in [0.15, 0.2) is 5.16 Å². The molecule has 2 atom stereocenters. The van der Waals surface area contributed by atoms with E-state index in [1.165, 1.54) is 23.9 Å². The van der Waals surface area contributed by atoms with Crippen LogP contribution >= 0.6 is 11.8 Å². The molecule has 2 saturated heterocycles. The van der Waals surface area contributed by atoms with E-state index in [9.17, 15) is 15.2 Å². The van der Waals surface area contributed by atoms with Crippen LogP contribution in [-0.4, -0.2) is 69.1 Å². The van der Waals surface area contributed by atoms with Gasteiger partial charge in [-0.3, -0.25) is 14.7 Å². The average molecular weight is 478 g/mol. The van der Waals surface area contributed by atoms with Crippen molar-refractivity contribution >= 4 is 23.4 Å². The number of non-ortho nitro benzene ring substituents is 1. The molecule has 2 unspecified atom stereocenters. The van der Waals surface area contributed by atoms with E-state index in [1.54, 1.807) is 12.1 Å². The minimum absolute atomic E-state index is 0.0327. The molecule has 1 aromatic carbocycles. The van der Waals surface area contributed by atoms with Crippen LogP contribution < -0.4 is 9.64 Å². The Labute approximate surface area is 197 Å². The van der Waals surface area contributed by atoms with Gasteiger partial charge in [-0.05, 0) is 37.7 Å². The predicted octanol–water partition coefficient (Wildman–Crippen LogP) is 3.13. The van der Waals surface area contributed by atoms with Crippen LogP contribution in [0, 0.1) is 16.0 Å². The molecule has 33 heavy (non-hydrogen) atoms. The fourth-order valence-corrected chi connectivity index (χ4v) is 4.93. The van der Waals surface area contributed by atoms with Gasteiger partial charge in [-0.15, -0.1) is 10.2 Å². The number of thioether (sulfide) groups is 1. The Morgan fingerprint density at radius 2 is 2.15 bits per heavy atom. The van der Waals surface area contributed by atoms with E-state index in [1.807, 2.05) is 0 Å². The van der Waals surface area contributed by atoms with Crippen LogP contribution in [0.25, 0.3) is 0 Å². The first-order chi connectivity index (χ1) is 16.0. The Morgan fingerprint density at radius 3 is 2.88 bits per heavy atom. The zero-order chi connectivity index (χ0) is 23.2. The van der Waals surface area contributed by atoms with Crippen molar-refractivity contribution in [1.29, 1.82) is 0 Å². The molecule has 180 valence electrons. The van der Waals surface area contributed by atoms with Crippen LogP contribution in [0.15, 0.2) is 29.4 Å². The van der Waals surface area contributed by atoms with Crippen LogP contribution in [-0.2, 0) is 11.3 Å². The molecule has 10 nitrogen and oxygen atoms in total. The van der Waals surface area contributed by atoms with Crippen LogP contribution in [0.3, 0.4) is 0 Å². The summed E-state index contributed by atoms with van der Waals surface area (Å²) in [5.41, 5.74) is -0.0433. The van der Waals surface area contributed by atoms with E-state index >= 15 is 0 Å². The summed E-state index contributed by atoms with van der Waals surface area (Å²) >= 11 is 1.44. The van der Waals surface area contributed by atoms with E-state index in [0.29, 0.717) is 18.0 Å². The molecule has 0 saturated carbocycles. The van der Waals surface area contributed by atoms with E-state index in [4.69, 9.17) is 9.47 Å². The Bertz CT molecular complexity index is 928. The van der Waals surface area contributed by atoms with E-state index in [2.05, 4.69) is 26.6 Å². The minimum Gasteiger partial charge on any atom is -0.491 e. The number of benzene rings is 1. The first-order valence-corrected chi connectivity index (χ1v) is 12.5. The average Bonchev–Trinajstić information content (AvgIpc) is 3.47. The van der Waals surface area contributed by atoms with Crippen molar-refractivity contribution in [2.75, 3.05) is 37.0 Å². The molecule has 1 N–H and O–H groups in total. The lowest BCUT2D eigenvalue weighted by Gasteiger charge is -2.31. The SMILES string of the molecule is CC1CCN(c2nnc(SCC(O)COc3cccc([N+](=O)[O-])c3)n2CC2CCCO2)CC1. The lowest BCUT2D eigenvalue weighted by Crippen LogP contribution is -2.35. The Kier molecular flexibility index (Phi) is 8.05. The van der Waals surface area contributed by atoms with Gasteiger partial charge in [-0.1, -0.05) is 24.8 Å². The Morgan fingerprint density at radius 1 is 1.33 bits per heavy atom. The third-order valence-electron chi connectivity index (χ3n) is 6.05. The van der Waals surface area contributed by atoms with Gasteiger partial charge in [0.2, 0.25) is 5.95 Å². The topological polar surface area (TPSA) is 116 Å². The lowest BCUT2D eigenvalue weighted by atomic mass is 10.00. The molecule has 2 aliphatic rings. The summed E-state index contributed by atoms with van der Waals surface area (Å²) in [5.74, 6) is 2.33. The standard InChI is InChI=1S/C22H31N5O5S/c1-16-7-9-25(10-8-16)21-23-24-22(26(21)13-20-6-3-11-31-20)33-15-18(28)14-32-19-5-2-4-17(12-19)27(29)30/h2,4-5,12,16,18,20,28H,3,6-11,13-15H2,1H3. The maximum absolute atomic E-state index is 10.9. The second-order valence-corrected chi connectivity index (χ2v) is 9.72. The fourth-order valence-electron chi connectivity index (χ4n) is 4.08. The van der Waals surface area contributed by atoms with Crippen LogP contribution in [0.4, 0.5) is 11.6 Å². The summed E-state index contributed by atoms with van der Waals surface area (Å²) in [7, 11) is 0. The molecule has 1 aromatic heterocycles. The minimum atomic E-state index is -0.763. The third-order valence-corrected chi connectivity index (χ3v) is 7.16. The molecule has 2 aliphatic heterocycles. The highest BCUT2D eigenvalue weighted by molar-refractivity contribution is 7.99. The highest BCUT2D eigenvalue weighted by Gasteiger charge is 2.26. The Hall–Kier alpha value is -2.37. The van der Waals surface area contributed by atoms with E-state index in [0.717, 1.165) is 62.4 Å². The van der Waals surface area contributed by atoms with E-state index in [-0.39, 0.29) is 18.4 Å². The smallest absolute Gasteiger partial charge is 0.273 e. The number of nitro groups is 1. The van der Waals surface area contributed by atoms with Crippen molar-refractivity contribution in [1.82, 2.24) is 14.8 Å². The summed E-state index contributed by atoms with van der Waals surface area (Å²) in [6.07, 6.45) is 3.77. The van der Waals surface area contributed by atoms with E-state index < -0.39 is 11.0 Å². The van der Waals surface area contributed by atoms with Crippen molar-refractivity contribution < 1.29 is 19.5 Å². The molecule has 2 fully saturated rings. The number of anilines is 1. The predicted molar refractivity (Wildman–Crippen MR) is 125 cm³/mol. The number of hydrogen-bond acceptors (Lipinski definition) is 9. The normalized spacial score (nSPS) is 20.2. The van der Waals surface area contributed by atoms with Gasteiger partial charge in [0, 0.05) is 31.5 Å². The summed E-state index contributed by atoms with van der Waals surface area (Å²) < 4.78 is 13.5. The van der Waals surface area contributed by atoms with Gasteiger partial charge in [-0.25, -0.2) is 0 Å². The van der Waals surface area contributed by atoms with Crippen molar-refractivity contribution in [3.8, 4) is 5.75 Å².